The first kappa shape index (κ1) is 36.3. The van der Waals surface area contributed by atoms with Crippen LogP contribution in [0.5, 0.6) is 0 Å². The van der Waals surface area contributed by atoms with Gasteiger partial charge in [-0.1, -0.05) is 0 Å². The summed E-state index contributed by atoms with van der Waals surface area (Å²) < 4.78 is 49.6. The van der Waals surface area contributed by atoms with Crippen LogP contribution in [0.15, 0.2) is 21.9 Å². The minimum absolute atomic E-state index is 0.0557. The maximum Gasteiger partial charge on any atom is 0.474 e. The quantitative estimate of drug-likeness (QED) is 0.0576. The lowest BCUT2D eigenvalue weighted by Gasteiger charge is -2.42. The lowest BCUT2D eigenvalue weighted by molar-refractivity contribution is -0.249. The molecule has 3 rings (SSSR count). The minimum Gasteiger partial charge on any atom is -0.394 e. The van der Waals surface area contributed by atoms with Crippen molar-refractivity contribution in [2.75, 3.05) is 53.4 Å². The van der Waals surface area contributed by atoms with Gasteiger partial charge in [0.1, 0.15) is 42.7 Å². The Bertz CT molecular complexity index is 1210. The third kappa shape index (κ3) is 9.93. The van der Waals surface area contributed by atoms with E-state index in [9.17, 15) is 49.4 Å². The number of aromatic nitrogens is 2. The van der Waals surface area contributed by atoms with E-state index in [0.29, 0.717) is 13.2 Å². The molecule has 20 nitrogen and oxygen atoms in total. The van der Waals surface area contributed by atoms with Gasteiger partial charge in [-0.05, 0) is 0 Å². The van der Waals surface area contributed by atoms with Crippen molar-refractivity contribution in [3.63, 3.8) is 0 Å². The Kier molecular flexibility index (Phi) is 14.0. The summed E-state index contributed by atoms with van der Waals surface area (Å²) in [6.45, 7) is -0.547. The van der Waals surface area contributed by atoms with Crippen LogP contribution in [0.1, 0.15) is 12.6 Å². The van der Waals surface area contributed by atoms with Gasteiger partial charge in [0.05, 0.1) is 46.2 Å². The van der Waals surface area contributed by atoms with Gasteiger partial charge in [-0.25, -0.2) is 9.36 Å². The molecule has 8 N–H and O–H groups in total. The molecular weight excluding hydrogens is 621 g/mol. The Labute approximate surface area is 249 Å². The second-order valence-electron chi connectivity index (χ2n) is 9.70. The summed E-state index contributed by atoms with van der Waals surface area (Å²) in [5, 5.41) is 53.3. The van der Waals surface area contributed by atoms with Gasteiger partial charge in [0.2, 0.25) is 5.91 Å². The van der Waals surface area contributed by atoms with E-state index in [4.69, 9.17) is 32.7 Å². The van der Waals surface area contributed by atoms with Crippen molar-refractivity contribution < 1.29 is 72.5 Å². The fourth-order valence-corrected chi connectivity index (χ4v) is 5.11. The molecule has 3 heterocycles. The van der Waals surface area contributed by atoms with E-state index in [1.54, 1.807) is 0 Å². The van der Waals surface area contributed by atoms with Gasteiger partial charge < -0.3 is 59.4 Å². The summed E-state index contributed by atoms with van der Waals surface area (Å²) in [6, 6.07) is -0.643. The van der Waals surface area contributed by atoms with Crippen molar-refractivity contribution in [1.29, 1.82) is 0 Å². The number of nitrogens with zero attached hydrogens (tertiary/aromatic N) is 1. The molecule has 2 fully saturated rings. The van der Waals surface area contributed by atoms with E-state index < -0.39 is 93.4 Å². The normalized spacial score (nSPS) is 31.9. The molecular formula is C23H38N3O17P. The van der Waals surface area contributed by atoms with Gasteiger partial charge in [0.25, 0.3) is 5.56 Å². The number of aliphatic hydroxyl groups excluding tert-OH is 5. The van der Waals surface area contributed by atoms with Gasteiger partial charge in [0, 0.05) is 25.8 Å². The zero-order chi connectivity index (χ0) is 32.4. The highest BCUT2D eigenvalue weighted by Gasteiger charge is 2.49. The SMILES string of the molecule is COCCOCCOCCC(=O)NC1[C@H](OP(=O)(O)OCC2OC(n3ccc(=O)[nH]c3=O)C(O)C2O)OC(CO)[C@H](O)[C@@H]1O. The molecule has 0 aromatic carbocycles. The third-order valence-electron chi connectivity index (χ3n) is 6.59. The van der Waals surface area contributed by atoms with Crippen LogP contribution in [0.25, 0.3) is 0 Å². The summed E-state index contributed by atoms with van der Waals surface area (Å²) >= 11 is 0. The van der Waals surface area contributed by atoms with Crippen LogP contribution in [0.4, 0.5) is 0 Å². The van der Waals surface area contributed by atoms with Crippen LogP contribution in [0.2, 0.25) is 0 Å². The van der Waals surface area contributed by atoms with Gasteiger partial charge in [-0.2, -0.15) is 0 Å². The molecule has 21 heteroatoms. The van der Waals surface area contributed by atoms with Crippen molar-refractivity contribution in [2.24, 2.45) is 0 Å². The second kappa shape index (κ2) is 17.0. The monoisotopic (exact) mass is 659 g/mol. The molecule has 1 amide bonds. The molecule has 0 bridgehead atoms. The van der Waals surface area contributed by atoms with Crippen LogP contribution >= 0.6 is 7.82 Å². The van der Waals surface area contributed by atoms with Gasteiger partial charge in [-0.3, -0.25) is 28.2 Å². The van der Waals surface area contributed by atoms with E-state index in [1.165, 1.54) is 7.11 Å². The highest BCUT2D eigenvalue weighted by atomic mass is 31.2. The molecule has 2 aliphatic rings. The summed E-state index contributed by atoms with van der Waals surface area (Å²) in [6.07, 6.45) is -12.5. The molecule has 0 aliphatic carbocycles. The van der Waals surface area contributed by atoms with Crippen LogP contribution in [0.3, 0.4) is 0 Å². The Morgan fingerprint density at radius 1 is 1.00 bits per heavy atom. The van der Waals surface area contributed by atoms with Gasteiger partial charge >= 0.3 is 13.5 Å². The number of hydrogen-bond donors (Lipinski definition) is 8. The number of amides is 1. The van der Waals surface area contributed by atoms with Crippen molar-refractivity contribution in [3.8, 4) is 0 Å². The molecule has 0 saturated carbocycles. The standard InChI is InChI=1S/C23H38N3O17P/c1-37-6-7-39-9-8-38-5-3-15(29)24-16-19(32)17(30)12(10-27)42-22(16)43-44(35,36)40-11-13-18(31)20(33)21(41-13)26-4-2-14(28)25-23(26)34/h2,4,12-13,16-22,27,30-33H,3,5-11H2,1H3,(H,24,29)(H,35,36)(H,25,28,34)/t12?,13?,16?,17-,18?,19+,20?,21?,22-/m0/s1. The predicted molar refractivity (Wildman–Crippen MR) is 142 cm³/mol. The molecule has 252 valence electrons. The number of carbonyl (C=O) groups excluding carboxylic acids is 1. The van der Waals surface area contributed by atoms with E-state index in [1.807, 2.05) is 4.98 Å². The number of phosphoric ester groups is 1. The number of ether oxygens (including phenoxy) is 5. The van der Waals surface area contributed by atoms with Crippen molar-refractivity contribution in [1.82, 2.24) is 14.9 Å². The van der Waals surface area contributed by atoms with E-state index in [-0.39, 0.29) is 26.2 Å². The maximum atomic E-state index is 12.8. The first-order valence-corrected chi connectivity index (χ1v) is 14.9. The molecule has 1 aromatic rings. The molecule has 0 spiro atoms. The van der Waals surface area contributed by atoms with Crippen molar-refractivity contribution in [2.45, 2.75) is 61.6 Å². The number of hydrogen-bond acceptors (Lipinski definition) is 16. The summed E-state index contributed by atoms with van der Waals surface area (Å²) in [7, 11) is -3.63. The van der Waals surface area contributed by atoms with Crippen LogP contribution in [-0.2, 0) is 42.1 Å². The van der Waals surface area contributed by atoms with Crippen LogP contribution < -0.4 is 16.6 Å². The lowest BCUT2D eigenvalue weighted by Crippen LogP contribution is -2.64. The summed E-state index contributed by atoms with van der Waals surface area (Å²) in [5.41, 5.74) is -1.67. The number of H-pyrrole nitrogens is 1. The Morgan fingerprint density at radius 2 is 1.66 bits per heavy atom. The molecule has 10 atom stereocenters. The number of aromatic amines is 1. The largest absolute Gasteiger partial charge is 0.474 e. The van der Waals surface area contributed by atoms with Gasteiger partial charge in [-0.15, -0.1) is 0 Å². The molecule has 0 radical (unpaired) electrons. The topological polar surface area (TPSA) is 287 Å². The maximum absolute atomic E-state index is 12.8. The number of nitrogens with one attached hydrogen (secondary N) is 2. The van der Waals surface area contributed by atoms with Crippen LogP contribution in [0, 0.1) is 0 Å². The molecule has 7 unspecified atom stereocenters. The Morgan fingerprint density at radius 3 is 2.32 bits per heavy atom. The smallest absolute Gasteiger partial charge is 0.394 e. The molecule has 2 saturated heterocycles. The first-order valence-electron chi connectivity index (χ1n) is 13.4. The van der Waals surface area contributed by atoms with E-state index >= 15 is 0 Å². The number of aliphatic hydroxyl groups is 5. The number of carbonyl (C=O) groups is 1. The second-order valence-corrected chi connectivity index (χ2v) is 11.1. The van der Waals surface area contributed by atoms with E-state index in [2.05, 4.69) is 5.32 Å². The number of rotatable bonds is 17. The Balaban J connectivity index is 1.58. The third-order valence-corrected chi connectivity index (χ3v) is 7.54. The van der Waals surface area contributed by atoms with Crippen LogP contribution in [-0.4, -0.2) is 148 Å². The highest BCUT2D eigenvalue weighted by Crippen LogP contribution is 2.47. The van der Waals surface area contributed by atoms with Gasteiger partial charge in [0.15, 0.2) is 12.5 Å². The van der Waals surface area contributed by atoms with E-state index in [0.717, 1.165) is 16.8 Å². The zero-order valence-corrected chi connectivity index (χ0v) is 24.5. The number of phosphoric acid groups is 1. The predicted octanol–water partition coefficient (Wildman–Crippen LogP) is -4.72. The Hall–Kier alpha value is -2.14. The summed E-state index contributed by atoms with van der Waals surface area (Å²) in [5.74, 6) is -0.713. The van der Waals surface area contributed by atoms with Crippen molar-refractivity contribution in [3.05, 3.63) is 33.1 Å². The molecule has 2 aliphatic heterocycles. The zero-order valence-electron chi connectivity index (χ0n) is 23.6. The fraction of sp³-hybridized carbons (Fsp3) is 0.783. The molecule has 1 aromatic heterocycles. The average molecular weight is 660 g/mol. The first-order chi connectivity index (χ1) is 20.9. The average Bonchev–Trinajstić information content (AvgIpc) is 3.25. The van der Waals surface area contributed by atoms with Crippen molar-refractivity contribution >= 4 is 13.7 Å². The minimum atomic E-state index is -5.16. The summed E-state index contributed by atoms with van der Waals surface area (Å²) in [4.78, 5) is 48.2. The molecule has 44 heavy (non-hydrogen) atoms. The fourth-order valence-electron chi connectivity index (χ4n) is 4.27. The number of methoxy groups -OCH3 is 1. The highest BCUT2D eigenvalue weighted by molar-refractivity contribution is 7.47. The lowest BCUT2D eigenvalue weighted by atomic mass is 9.97.